The van der Waals surface area contributed by atoms with Crippen LogP contribution in [0, 0.1) is 6.92 Å². The lowest BCUT2D eigenvalue weighted by atomic mass is 10.0. The van der Waals surface area contributed by atoms with Crippen molar-refractivity contribution in [1.82, 2.24) is 14.8 Å². The van der Waals surface area contributed by atoms with Gasteiger partial charge in [-0.1, -0.05) is 24.6 Å². The zero-order valence-electron chi connectivity index (χ0n) is 13.8. The molecule has 3 rings (SSSR count). The zero-order valence-corrected chi connectivity index (χ0v) is 13.8. The maximum Gasteiger partial charge on any atom is 0.253 e. The number of pyridine rings is 1. The SMILES string of the molecule is CCN(Cc1ccncc1)C1CN(C(=O)c2cccc(C)c2)C1. The van der Waals surface area contributed by atoms with E-state index in [9.17, 15) is 4.79 Å². The summed E-state index contributed by atoms with van der Waals surface area (Å²) in [5, 5.41) is 0. The highest BCUT2D eigenvalue weighted by Gasteiger charge is 2.34. The first-order valence-electron chi connectivity index (χ1n) is 8.16. The number of rotatable bonds is 5. The minimum absolute atomic E-state index is 0.143. The summed E-state index contributed by atoms with van der Waals surface area (Å²) >= 11 is 0. The van der Waals surface area contributed by atoms with Crippen LogP contribution in [-0.2, 0) is 6.54 Å². The van der Waals surface area contributed by atoms with E-state index in [4.69, 9.17) is 0 Å². The first kappa shape index (κ1) is 15.7. The van der Waals surface area contributed by atoms with Crippen molar-refractivity contribution in [2.45, 2.75) is 26.4 Å². The van der Waals surface area contributed by atoms with Crippen molar-refractivity contribution in [2.75, 3.05) is 19.6 Å². The van der Waals surface area contributed by atoms with Crippen molar-refractivity contribution in [2.24, 2.45) is 0 Å². The smallest absolute Gasteiger partial charge is 0.253 e. The minimum Gasteiger partial charge on any atom is -0.335 e. The molecule has 1 aliphatic rings. The molecule has 0 bridgehead atoms. The molecule has 0 aliphatic carbocycles. The molecule has 0 spiro atoms. The fraction of sp³-hybridized carbons (Fsp3) is 0.368. The van der Waals surface area contributed by atoms with Gasteiger partial charge in [-0.05, 0) is 43.3 Å². The average Bonchev–Trinajstić information content (AvgIpc) is 2.53. The predicted molar refractivity (Wildman–Crippen MR) is 91.2 cm³/mol. The number of benzene rings is 1. The van der Waals surface area contributed by atoms with Crippen molar-refractivity contribution >= 4 is 5.91 Å². The van der Waals surface area contributed by atoms with Gasteiger partial charge >= 0.3 is 0 Å². The van der Waals surface area contributed by atoms with Crippen LogP contribution in [0.3, 0.4) is 0 Å². The highest BCUT2D eigenvalue weighted by molar-refractivity contribution is 5.95. The number of hydrogen-bond donors (Lipinski definition) is 0. The zero-order chi connectivity index (χ0) is 16.2. The largest absolute Gasteiger partial charge is 0.335 e. The van der Waals surface area contributed by atoms with Crippen LogP contribution in [0.25, 0.3) is 0 Å². The third kappa shape index (κ3) is 3.59. The summed E-state index contributed by atoms with van der Waals surface area (Å²) in [5.41, 5.74) is 3.19. The Hall–Kier alpha value is -2.20. The molecule has 0 unspecified atom stereocenters. The highest BCUT2D eigenvalue weighted by atomic mass is 16.2. The average molecular weight is 309 g/mol. The van der Waals surface area contributed by atoms with Crippen LogP contribution in [0.2, 0.25) is 0 Å². The summed E-state index contributed by atoms with van der Waals surface area (Å²) in [6.45, 7) is 7.71. The Balaban J connectivity index is 1.58. The van der Waals surface area contributed by atoms with Crippen LogP contribution in [0.1, 0.15) is 28.4 Å². The van der Waals surface area contributed by atoms with E-state index in [-0.39, 0.29) is 5.91 Å². The van der Waals surface area contributed by atoms with Gasteiger partial charge in [0.2, 0.25) is 0 Å². The molecule has 23 heavy (non-hydrogen) atoms. The molecular weight excluding hydrogens is 286 g/mol. The Kier molecular flexibility index (Phi) is 4.72. The fourth-order valence-electron chi connectivity index (χ4n) is 3.03. The van der Waals surface area contributed by atoms with E-state index in [0.29, 0.717) is 6.04 Å². The van der Waals surface area contributed by atoms with Gasteiger partial charge in [-0.3, -0.25) is 14.7 Å². The molecular formula is C19H23N3O. The van der Waals surface area contributed by atoms with E-state index in [2.05, 4.69) is 28.9 Å². The monoisotopic (exact) mass is 309 g/mol. The number of carbonyl (C=O) groups is 1. The Bertz CT molecular complexity index is 665. The molecule has 0 radical (unpaired) electrons. The van der Waals surface area contributed by atoms with Crippen molar-refractivity contribution in [3.8, 4) is 0 Å². The van der Waals surface area contributed by atoms with Crippen molar-refractivity contribution in [1.29, 1.82) is 0 Å². The van der Waals surface area contributed by atoms with Gasteiger partial charge in [0.05, 0.1) is 0 Å². The maximum absolute atomic E-state index is 12.5. The molecule has 2 aromatic rings. The molecule has 4 nitrogen and oxygen atoms in total. The standard InChI is InChI=1S/C19H23N3O/c1-3-21(12-16-7-9-20-10-8-16)18-13-22(14-18)19(23)17-6-4-5-15(2)11-17/h4-11,18H,3,12-14H2,1-2H3. The van der Waals surface area contributed by atoms with Crippen molar-refractivity contribution < 1.29 is 4.79 Å². The molecule has 1 aromatic carbocycles. The highest BCUT2D eigenvalue weighted by Crippen LogP contribution is 2.20. The first-order chi connectivity index (χ1) is 11.2. The molecule has 1 saturated heterocycles. The van der Waals surface area contributed by atoms with Crippen molar-refractivity contribution in [3.05, 3.63) is 65.5 Å². The number of nitrogens with zero attached hydrogens (tertiary/aromatic N) is 3. The molecule has 1 fully saturated rings. The van der Waals surface area contributed by atoms with Crippen LogP contribution in [0.15, 0.2) is 48.8 Å². The van der Waals surface area contributed by atoms with Crippen LogP contribution < -0.4 is 0 Å². The normalized spacial score (nSPS) is 14.8. The quantitative estimate of drug-likeness (QED) is 0.852. The molecule has 0 atom stereocenters. The van der Waals surface area contributed by atoms with Gasteiger partial charge in [-0.15, -0.1) is 0 Å². The van der Waals surface area contributed by atoms with Crippen LogP contribution in [0.4, 0.5) is 0 Å². The minimum atomic E-state index is 0.143. The Morgan fingerprint density at radius 2 is 2.00 bits per heavy atom. The number of carbonyl (C=O) groups excluding carboxylic acids is 1. The number of aromatic nitrogens is 1. The number of hydrogen-bond acceptors (Lipinski definition) is 3. The number of likely N-dealkylation sites (tertiary alicyclic amines) is 1. The lowest BCUT2D eigenvalue weighted by Gasteiger charge is -2.45. The Morgan fingerprint density at radius 1 is 1.26 bits per heavy atom. The third-order valence-corrected chi connectivity index (χ3v) is 4.47. The topological polar surface area (TPSA) is 36.4 Å². The number of likely N-dealkylation sites (N-methyl/N-ethyl adjacent to an activating group) is 1. The van der Waals surface area contributed by atoms with Crippen molar-refractivity contribution in [3.63, 3.8) is 0 Å². The Labute approximate surface area is 137 Å². The molecule has 120 valence electrons. The van der Waals surface area contributed by atoms with Gasteiger partial charge in [0, 0.05) is 43.6 Å². The van der Waals surface area contributed by atoms with Crippen LogP contribution >= 0.6 is 0 Å². The first-order valence-corrected chi connectivity index (χ1v) is 8.16. The molecule has 1 amide bonds. The molecule has 1 aromatic heterocycles. The van der Waals surface area contributed by atoms with E-state index < -0.39 is 0 Å². The van der Waals surface area contributed by atoms with Gasteiger partial charge in [0.15, 0.2) is 0 Å². The fourth-order valence-corrected chi connectivity index (χ4v) is 3.03. The molecule has 1 aliphatic heterocycles. The summed E-state index contributed by atoms with van der Waals surface area (Å²) in [6, 6.07) is 12.4. The second kappa shape index (κ2) is 6.92. The van der Waals surface area contributed by atoms with E-state index >= 15 is 0 Å². The predicted octanol–water partition coefficient (Wildman–Crippen LogP) is 2.74. The number of amides is 1. The summed E-state index contributed by atoms with van der Waals surface area (Å²) in [5.74, 6) is 0.143. The third-order valence-electron chi connectivity index (χ3n) is 4.47. The van der Waals surface area contributed by atoms with Crippen LogP contribution in [0.5, 0.6) is 0 Å². The van der Waals surface area contributed by atoms with E-state index in [1.54, 1.807) is 0 Å². The number of aryl methyl sites for hydroxylation is 1. The lowest BCUT2D eigenvalue weighted by molar-refractivity contribution is 0.0254. The molecule has 4 heteroatoms. The second-order valence-corrected chi connectivity index (χ2v) is 6.15. The second-order valence-electron chi connectivity index (χ2n) is 6.15. The molecule has 0 N–H and O–H groups in total. The lowest BCUT2D eigenvalue weighted by Crippen LogP contribution is -2.60. The van der Waals surface area contributed by atoms with Crippen LogP contribution in [-0.4, -0.2) is 46.4 Å². The summed E-state index contributed by atoms with van der Waals surface area (Å²) < 4.78 is 0. The molecule has 2 heterocycles. The van der Waals surface area contributed by atoms with Gasteiger partial charge in [0.1, 0.15) is 0 Å². The van der Waals surface area contributed by atoms with Gasteiger partial charge in [0.25, 0.3) is 5.91 Å². The summed E-state index contributed by atoms with van der Waals surface area (Å²) in [7, 11) is 0. The van der Waals surface area contributed by atoms with Gasteiger partial charge in [-0.2, -0.15) is 0 Å². The van der Waals surface area contributed by atoms with Gasteiger partial charge in [-0.25, -0.2) is 0 Å². The van der Waals surface area contributed by atoms with Gasteiger partial charge < -0.3 is 4.90 Å². The molecule has 0 saturated carbocycles. The summed E-state index contributed by atoms with van der Waals surface area (Å²) in [4.78, 5) is 20.9. The van der Waals surface area contributed by atoms with E-state index in [1.807, 2.05) is 48.5 Å². The maximum atomic E-state index is 12.5. The van der Waals surface area contributed by atoms with E-state index in [1.165, 1.54) is 5.56 Å². The summed E-state index contributed by atoms with van der Waals surface area (Å²) in [6.07, 6.45) is 3.66. The Morgan fingerprint density at radius 3 is 2.65 bits per heavy atom. The van der Waals surface area contributed by atoms with E-state index in [0.717, 1.165) is 37.3 Å².